The summed E-state index contributed by atoms with van der Waals surface area (Å²) in [5.74, 6) is 0.109. The van der Waals surface area contributed by atoms with E-state index in [2.05, 4.69) is 26.0 Å². The van der Waals surface area contributed by atoms with Crippen molar-refractivity contribution in [3.05, 3.63) is 53.0 Å². The second-order valence-corrected chi connectivity index (χ2v) is 7.90. The van der Waals surface area contributed by atoms with Crippen LogP contribution in [0.2, 0.25) is 0 Å². The Bertz CT molecular complexity index is 823. The fourth-order valence-electron chi connectivity index (χ4n) is 1.95. The minimum atomic E-state index is -3.50. The summed E-state index contributed by atoms with van der Waals surface area (Å²) in [6.07, 6.45) is 0.716. The lowest BCUT2D eigenvalue weighted by Crippen LogP contribution is -2.24. The van der Waals surface area contributed by atoms with E-state index in [4.69, 9.17) is 4.74 Å². The van der Waals surface area contributed by atoms with E-state index >= 15 is 0 Å². The molecule has 0 aliphatic carbocycles. The Labute approximate surface area is 155 Å². The van der Waals surface area contributed by atoms with Gasteiger partial charge in [0.1, 0.15) is 5.75 Å². The summed E-state index contributed by atoms with van der Waals surface area (Å²) in [4.78, 5) is 12.0. The first-order valence-electron chi connectivity index (χ1n) is 7.68. The Kier molecular flexibility index (Phi) is 6.98. The van der Waals surface area contributed by atoms with Crippen LogP contribution in [0.1, 0.15) is 13.3 Å². The molecule has 0 radical (unpaired) electrons. The van der Waals surface area contributed by atoms with Gasteiger partial charge in [-0.05, 0) is 48.9 Å². The molecule has 25 heavy (non-hydrogen) atoms. The Morgan fingerprint density at radius 2 is 1.88 bits per heavy atom. The fourth-order valence-corrected chi connectivity index (χ4v) is 3.48. The SMILES string of the molecule is CCCNS(=O)(=O)c1ccc(OCC(=O)Nc2cccc(Br)c2)cc1. The van der Waals surface area contributed by atoms with E-state index < -0.39 is 10.0 Å². The molecule has 2 aromatic carbocycles. The smallest absolute Gasteiger partial charge is 0.262 e. The van der Waals surface area contributed by atoms with Crippen molar-refractivity contribution >= 4 is 37.5 Å². The largest absolute Gasteiger partial charge is 0.484 e. The Balaban J connectivity index is 1.90. The summed E-state index contributed by atoms with van der Waals surface area (Å²) in [7, 11) is -3.50. The van der Waals surface area contributed by atoms with Gasteiger partial charge in [-0.25, -0.2) is 13.1 Å². The number of carbonyl (C=O) groups excluding carboxylic acids is 1. The summed E-state index contributed by atoms with van der Waals surface area (Å²) in [5, 5.41) is 2.71. The number of amides is 1. The Morgan fingerprint density at radius 3 is 2.52 bits per heavy atom. The predicted octanol–water partition coefficient (Wildman–Crippen LogP) is 3.15. The molecule has 6 nitrogen and oxygen atoms in total. The number of hydrogen-bond donors (Lipinski definition) is 2. The number of anilines is 1. The molecule has 2 N–H and O–H groups in total. The minimum absolute atomic E-state index is 0.159. The summed E-state index contributed by atoms with van der Waals surface area (Å²) < 4.78 is 32.7. The van der Waals surface area contributed by atoms with Crippen LogP contribution in [0.15, 0.2) is 57.9 Å². The maximum atomic E-state index is 12.0. The van der Waals surface area contributed by atoms with E-state index in [9.17, 15) is 13.2 Å². The first kappa shape index (κ1) is 19.4. The average molecular weight is 427 g/mol. The molecular formula is C17H19BrN2O4S. The van der Waals surface area contributed by atoms with Crippen LogP contribution in [-0.4, -0.2) is 27.5 Å². The molecule has 8 heteroatoms. The highest BCUT2D eigenvalue weighted by Gasteiger charge is 2.13. The van der Waals surface area contributed by atoms with Crippen molar-refractivity contribution in [3.8, 4) is 5.75 Å². The monoisotopic (exact) mass is 426 g/mol. The number of sulfonamides is 1. The topological polar surface area (TPSA) is 84.5 Å². The first-order chi connectivity index (χ1) is 11.9. The van der Waals surface area contributed by atoms with Crippen molar-refractivity contribution in [1.29, 1.82) is 0 Å². The molecule has 0 saturated carbocycles. The number of carbonyl (C=O) groups is 1. The van der Waals surface area contributed by atoms with E-state index in [1.165, 1.54) is 24.3 Å². The van der Waals surface area contributed by atoms with Gasteiger partial charge in [-0.2, -0.15) is 0 Å². The quantitative estimate of drug-likeness (QED) is 0.678. The van der Waals surface area contributed by atoms with Crippen LogP contribution in [-0.2, 0) is 14.8 Å². The molecule has 0 atom stereocenters. The van der Waals surface area contributed by atoms with Gasteiger partial charge in [0.25, 0.3) is 5.91 Å². The van der Waals surface area contributed by atoms with Gasteiger partial charge in [0.2, 0.25) is 10.0 Å². The van der Waals surface area contributed by atoms with Crippen LogP contribution < -0.4 is 14.8 Å². The van der Waals surface area contributed by atoms with Gasteiger partial charge in [0, 0.05) is 16.7 Å². The molecule has 0 unspecified atom stereocenters. The van der Waals surface area contributed by atoms with Crippen LogP contribution in [0.25, 0.3) is 0 Å². The number of ether oxygens (including phenoxy) is 1. The summed E-state index contributed by atoms with van der Waals surface area (Å²) in [6.45, 7) is 2.10. The van der Waals surface area contributed by atoms with Gasteiger partial charge < -0.3 is 10.1 Å². The molecule has 0 fully saturated rings. The third kappa shape index (κ3) is 6.15. The molecule has 2 rings (SSSR count). The molecule has 0 saturated heterocycles. The highest BCUT2D eigenvalue weighted by atomic mass is 79.9. The van der Waals surface area contributed by atoms with Crippen molar-refractivity contribution in [1.82, 2.24) is 4.72 Å². The van der Waals surface area contributed by atoms with Gasteiger partial charge in [0.05, 0.1) is 4.90 Å². The second-order valence-electron chi connectivity index (χ2n) is 5.22. The summed E-state index contributed by atoms with van der Waals surface area (Å²) in [5.41, 5.74) is 0.659. The summed E-state index contributed by atoms with van der Waals surface area (Å²) >= 11 is 3.33. The molecule has 134 valence electrons. The van der Waals surface area contributed by atoms with Gasteiger partial charge in [-0.3, -0.25) is 4.79 Å². The second kappa shape index (κ2) is 8.98. The van der Waals surface area contributed by atoms with E-state index in [-0.39, 0.29) is 17.4 Å². The van der Waals surface area contributed by atoms with Crippen molar-refractivity contribution in [2.45, 2.75) is 18.2 Å². The highest BCUT2D eigenvalue weighted by Crippen LogP contribution is 2.17. The Morgan fingerprint density at radius 1 is 1.16 bits per heavy atom. The molecule has 0 heterocycles. The highest BCUT2D eigenvalue weighted by molar-refractivity contribution is 9.10. The number of nitrogens with one attached hydrogen (secondary N) is 2. The number of rotatable bonds is 8. The molecule has 1 amide bonds. The van der Waals surface area contributed by atoms with Gasteiger partial charge in [-0.15, -0.1) is 0 Å². The maximum Gasteiger partial charge on any atom is 0.262 e. The lowest BCUT2D eigenvalue weighted by Gasteiger charge is -2.09. The molecular weight excluding hydrogens is 408 g/mol. The lowest BCUT2D eigenvalue weighted by molar-refractivity contribution is -0.118. The molecule has 0 aliphatic rings. The van der Waals surface area contributed by atoms with Gasteiger partial charge in [-0.1, -0.05) is 28.9 Å². The molecule has 0 spiro atoms. The van der Waals surface area contributed by atoms with Gasteiger partial charge in [0.15, 0.2) is 6.61 Å². The van der Waals surface area contributed by atoms with Crippen molar-refractivity contribution in [2.75, 3.05) is 18.5 Å². The third-order valence-corrected chi connectivity index (χ3v) is 5.12. The van der Waals surface area contributed by atoms with Crippen LogP contribution in [0.4, 0.5) is 5.69 Å². The molecule has 0 bridgehead atoms. The van der Waals surface area contributed by atoms with E-state index in [0.717, 1.165) is 4.47 Å². The first-order valence-corrected chi connectivity index (χ1v) is 9.96. The molecule has 0 aromatic heterocycles. The molecule has 0 aliphatic heterocycles. The molecule has 2 aromatic rings. The maximum absolute atomic E-state index is 12.0. The van der Waals surface area contributed by atoms with Gasteiger partial charge >= 0.3 is 0 Å². The lowest BCUT2D eigenvalue weighted by atomic mass is 10.3. The van der Waals surface area contributed by atoms with Crippen molar-refractivity contribution < 1.29 is 17.9 Å². The van der Waals surface area contributed by atoms with Crippen LogP contribution in [0.3, 0.4) is 0 Å². The average Bonchev–Trinajstić information content (AvgIpc) is 2.59. The zero-order chi connectivity index (χ0) is 18.3. The zero-order valence-corrected chi connectivity index (χ0v) is 16.1. The fraction of sp³-hybridized carbons (Fsp3) is 0.235. The van der Waals surface area contributed by atoms with Crippen molar-refractivity contribution in [3.63, 3.8) is 0 Å². The number of halogens is 1. The van der Waals surface area contributed by atoms with Crippen LogP contribution >= 0.6 is 15.9 Å². The standard InChI is InChI=1S/C17H19BrN2O4S/c1-2-10-19-25(22,23)16-8-6-15(7-9-16)24-12-17(21)20-14-5-3-4-13(18)11-14/h3-9,11,19H,2,10,12H2,1H3,(H,20,21). The van der Waals surface area contributed by atoms with E-state index in [1.54, 1.807) is 12.1 Å². The van der Waals surface area contributed by atoms with Crippen LogP contribution in [0, 0.1) is 0 Å². The zero-order valence-electron chi connectivity index (χ0n) is 13.7. The third-order valence-electron chi connectivity index (χ3n) is 3.15. The number of hydrogen-bond acceptors (Lipinski definition) is 4. The predicted molar refractivity (Wildman–Crippen MR) is 100 cm³/mol. The van der Waals surface area contributed by atoms with Crippen LogP contribution in [0.5, 0.6) is 5.75 Å². The number of benzene rings is 2. The normalized spacial score (nSPS) is 11.1. The summed E-state index contributed by atoms with van der Waals surface area (Å²) in [6, 6.07) is 13.1. The minimum Gasteiger partial charge on any atom is -0.484 e. The Hall–Kier alpha value is -1.90. The van der Waals surface area contributed by atoms with Crippen molar-refractivity contribution in [2.24, 2.45) is 0 Å². The van der Waals surface area contributed by atoms with E-state index in [1.807, 2.05) is 19.1 Å². The van der Waals surface area contributed by atoms with E-state index in [0.29, 0.717) is 24.4 Å².